The van der Waals surface area contributed by atoms with Gasteiger partial charge in [-0.05, 0) is 36.6 Å². The van der Waals surface area contributed by atoms with E-state index in [1.165, 1.54) is 11.3 Å². The summed E-state index contributed by atoms with van der Waals surface area (Å²) in [5, 5.41) is 12.3. The number of hydrogen-bond donors (Lipinski definition) is 2. The molecule has 2 aliphatic rings. The molecule has 1 saturated heterocycles. The molecule has 0 unspecified atom stereocenters. The molecule has 22 heavy (non-hydrogen) atoms. The van der Waals surface area contributed by atoms with E-state index in [2.05, 4.69) is 21.2 Å². The fourth-order valence-electron chi connectivity index (χ4n) is 3.26. The van der Waals surface area contributed by atoms with E-state index in [0.717, 1.165) is 57.7 Å². The van der Waals surface area contributed by atoms with Gasteiger partial charge in [0.15, 0.2) is 5.78 Å². The summed E-state index contributed by atoms with van der Waals surface area (Å²) in [6.45, 7) is 6.14. The molecule has 0 spiro atoms. The number of fused-ring (bicyclic) bond motifs is 1. The molecule has 2 heterocycles. The Hall–Kier alpha value is -1.43. The molecule has 5 nitrogen and oxygen atoms in total. The van der Waals surface area contributed by atoms with Crippen LogP contribution in [0.4, 0.5) is 5.69 Å². The van der Waals surface area contributed by atoms with Crippen molar-refractivity contribution in [1.29, 1.82) is 0 Å². The molecule has 0 amide bonds. The number of aryl methyl sites for hydroxylation is 1. The quantitative estimate of drug-likeness (QED) is 0.790. The number of nitrogens with zero attached hydrogens (tertiary/aromatic N) is 2. The summed E-state index contributed by atoms with van der Waals surface area (Å²) >= 11 is 0. The van der Waals surface area contributed by atoms with E-state index in [-0.39, 0.29) is 12.4 Å². The Balaban J connectivity index is 1.56. The first-order valence-corrected chi connectivity index (χ1v) is 8.22. The number of anilines is 1. The number of β-amino-alcohol motifs (C(OH)–C–C–N with tert-alkyl or cyclic N) is 1. The van der Waals surface area contributed by atoms with Crippen LogP contribution in [0.25, 0.3) is 0 Å². The number of aliphatic hydroxyl groups is 1. The standard InChI is InChI=1S/C17H25N3O2/c21-11-10-19-6-8-20(9-7-19)13-17(22)15-3-4-16-14(12-15)2-1-5-18-16/h3-4,12,18,21H,1-2,5-11,13H2. The molecule has 0 bridgehead atoms. The molecule has 2 aliphatic heterocycles. The highest BCUT2D eigenvalue weighted by molar-refractivity contribution is 5.98. The number of hydrogen-bond acceptors (Lipinski definition) is 5. The van der Waals surface area contributed by atoms with Crippen LogP contribution in [-0.2, 0) is 6.42 Å². The maximum atomic E-state index is 12.5. The average molecular weight is 303 g/mol. The van der Waals surface area contributed by atoms with Crippen LogP contribution in [0.2, 0.25) is 0 Å². The number of benzene rings is 1. The maximum Gasteiger partial charge on any atom is 0.176 e. The van der Waals surface area contributed by atoms with Gasteiger partial charge in [-0.1, -0.05) is 0 Å². The molecule has 0 aromatic heterocycles. The number of rotatable bonds is 5. The van der Waals surface area contributed by atoms with Gasteiger partial charge in [0, 0.05) is 50.5 Å². The number of nitrogens with one attached hydrogen (secondary N) is 1. The lowest BCUT2D eigenvalue weighted by Crippen LogP contribution is -2.48. The summed E-state index contributed by atoms with van der Waals surface area (Å²) in [5.74, 6) is 0.212. The molecule has 0 radical (unpaired) electrons. The summed E-state index contributed by atoms with van der Waals surface area (Å²) in [5.41, 5.74) is 3.28. The van der Waals surface area contributed by atoms with Crippen molar-refractivity contribution >= 4 is 11.5 Å². The van der Waals surface area contributed by atoms with Crippen LogP contribution in [0.1, 0.15) is 22.3 Å². The van der Waals surface area contributed by atoms with Crippen molar-refractivity contribution in [1.82, 2.24) is 9.80 Å². The van der Waals surface area contributed by atoms with Gasteiger partial charge in [-0.2, -0.15) is 0 Å². The van der Waals surface area contributed by atoms with Gasteiger partial charge in [0.05, 0.1) is 13.2 Å². The number of piperazine rings is 1. The Labute approximate surface area is 131 Å². The number of Topliss-reactive ketones (excluding diaryl/α,β-unsaturated/α-hetero) is 1. The lowest BCUT2D eigenvalue weighted by atomic mass is 9.99. The third-order valence-electron chi connectivity index (χ3n) is 4.61. The molecule has 1 aromatic rings. The minimum absolute atomic E-state index is 0.210. The highest BCUT2D eigenvalue weighted by Crippen LogP contribution is 2.23. The largest absolute Gasteiger partial charge is 0.395 e. The van der Waals surface area contributed by atoms with Crippen LogP contribution < -0.4 is 5.32 Å². The van der Waals surface area contributed by atoms with Crippen molar-refractivity contribution in [3.8, 4) is 0 Å². The van der Waals surface area contributed by atoms with Crippen LogP contribution in [0.15, 0.2) is 18.2 Å². The molecule has 0 saturated carbocycles. The van der Waals surface area contributed by atoms with Crippen LogP contribution >= 0.6 is 0 Å². The molecular weight excluding hydrogens is 278 g/mol. The predicted octanol–water partition coefficient (Wildman–Crippen LogP) is 0.837. The maximum absolute atomic E-state index is 12.5. The highest BCUT2D eigenvalue weighted by Gasteiger charge is 2.20. The molecule has 0 aliphatic carbocycles. The third-order valence-corrected chi connectivity index (χ3v) is 4.61. The summed E-state index contributed by atoms with van der Waals surface area (Å²) < 4.78 is 0. The van der Waals surface area contributed by atoms with Gasteiger partial charge in [-0.25, -0.2) is 0 Å². The van der Waals surface area contributed by atoms with Gasteiger partial charge < -0.3 is 10.4 Å². The van der Waals surface area contributed by atoms with Crippen molar-refractivity contribution in [3.63, 3.8) is 0 Å². The van der Waals surface area contributed by atoms with E-state index in [4.69, 9.17) is 5.11 Å². The minimum atomic E-state index is 0.210. The molecule has 1 aromatic carbocycles. The smallest absolute Gasteiger partial charge is 0.176 e. The van der Waals surface area contributed by atoms with Gasteiger partial charge in [0.2, 0.25) is 0 Å². The van der Waals surface area contributed by atoms with Crippen LogP contribution in [0.5, 0.6) is 0 Å². The molecule has 5 heteroatoms. The van der Waals surface area contributed by atoms with E-state index in [0.29, 0.717) is 6.54 Å². The number of aliphatic hydroxyl groups excluding tert-OH is 1. The van der Waals surface area contributed by atoms with Crippen LogP contribution in [0.3, 0.4) is 0 Å². The minimum Gasteiger partial charge on any atom is -0.395 e. The number of carbonyl (C=O) groups is 1. The zero-order chi connectivity index (χ0) is 15.4. The molecule has 0 atom stereocenters. The van der Waals surface area contributed by atoms with E-state index in [9.17, 15) is 4.79 Å². The average Bonchev–Trinajstić information content (AvgIpc) is 2.56. The van der Waals surface area contributed by atoms with Crippen molar-refractivity contribution in [3.05, 3.63) is 29.3 Å². The number of carbonyl (C=O) groups excluding carboxylic acids is 1. The highest BCUT2D eigenvalue weighted by atomic mass is 16.3. The first-order valence-electron chi connectivity index (χ1n) is 8.22. The van der Waals surface area contributed by atoms with E-state index in [1.54, 1.807) is 0 Å². The Bertz CT molecular complexity index is 525. The monoisotopic (exact) mass is 303 g/mol. The summed E-state index contributed by atoms with van der Waals surface area (Å²) in [4.78, 5) is 16.9. The van der Waals surface area contributed by atoms with Gasteiger partial charge in [-0.3, -0.25) is 14.6 Å². The van der Waals surface area contributed by atoms with E-state index < -0.39 is 0 Å². The second-order valence-corrected chi connectivity index (χ2v) is 6.17. The summed E-state index contributed by atoms with van der Waals surface area (Å²) in [7, 11) is 0. The van der Waals surface area contributed by atoms with Crippen LogP contribution in [-0.4, -0.2) is 73.1 Å². The van der Waals surface area contributed by atoms with Crippen molar-refractivity contribution < 1.29 is 9.90 Å². The first kappa shape index (κ1) is 15.5. The van der Waals surface area contributed by atoms with Crippen LogP contribution in [0, 0.1) is 0 Å². The summed E-state index contributed by atoms with van der Waals surface area (Å²) in [6.07, 6.45) is 2.20. The number of ketones is 1. The third kappa shape index (κ3) is 3.66. The zero-order valence-corrected chi connectivity index (χ0v) is 13.1. The first-order chi connectivity index (χ1) is 10.8. The Morgan fingerprint density at radius 3 is 2.73 bits per heavy atom. The molecule has 3 rings (SSSR count). The van der Waals surface area contributed by atoms with Crippen molar-refractivity contribution in [2.75, 3.05) is 57.7 Å². The fraction of sp³-hybridized carbons (Fsp3) is 0.588. The Kier molecular flexibility index (Phi) is 5.08. The summed E-state index contributed by atoms with van der Waals surface area (Å²) in [6, 6.07) is 6.05. The molecule has 1 fully saturated rings. The lowest BCUT2D eigenvalue weighted by Gasteiger charge is -2.33. The lowest BCUT2D eigenvalue weighted by molar-refractivity contribution is 0.0822. The van der Waals surface area contributed by atoms with Gasteiger partial charge in [0.1, 0.15) is 0 Å². The topological polar surface area (TPSA) is 55.8 Å². The Morgan fingerprint density at radius 1 is 1.18 bits per heavy atom. The van der Waals surface area contributed by atoms with E-state index >= 15 is 0 Å². The molecular formula is C17H25N3O2. The van der Waals surface area contributed by atoms with Gasteiger partial charge in [-0.15, -0.1) is 0 Å². The molecule has 120 valence electrons. The predicted molar refractivity (Wildman–Crippen MR) is 87.5 cm³/mol. The second-order valence-electron chi connectivity index (χ2n) is 6.17. The normalized spacial score (nSPS) is 19.5. The fourth-order valence-corrected chi connectivity index (χ4v) is 3.26. The molecule has 2 N–H and O–H groups in total. The van der Waals surface area contributed by atoms with Gasteiger partial charge in [0.25, 0.3) is 0 Å². The van der Waals surface area contributed by atoms with Crippen molar-refractivity contribution in [2.24, 2.45) is 0 Å². The Morgan fingerprint density at radius 2 is 1.95 bits per heavy atom. The zero-order valence-electron chi connectivity index (χ0n) is 13.1. The second kappa shape index (κ2) is 7.22. The van der Waals surface area contributed by atoms with Gasteiger partial charge >= 0.3 is 0 Å². The SMILES string of the molecule is O=C(CN1CCN(CCO)CC1)c1ccc2c(c1)CCCN2. The van der Waals surface area contributed by atoms with E-state index in [1.807, 2.05) is 12.1 Å². The van der Waals surface area contributed by atoms with Crippen molar-refractivity contribution in [2.45, 2.75) is 12.8 Å².